The van der Waals surface area contributed by atoms with E-state index in [2.05, 4.69) is 66.0 Å². The van der Waals surface area contributed by atoms with Crippen LogP contribution in [0.2, 0.25) is 0 Å². The van der Waals surface area contributed by atoms with Crippen molar-refractivity contribution in [2.45, 2.75) is 60.8 Å². The van der Waals surface area contributed by atoms with Gasteiger partial charge in [-0.15, -0.1) is 11.3 Å². The van der Waals surface area contributed by atoms with Gasteiger partial charge >= 0.3 is 0 Å². The van der Waals surface area contributed by atoms with Crippen molar-refractivity contribution in [3.63, 3.8) is 0 Å². The van der Waals surface area contributed by atoms with Crippen LogP contribution in [0.4, 0.5) is 0 Å². The van der Waals surface area contributed by atoms with Crippen LogP contribution >= 0.6 is 11.3 Å². The van der Waals surface area contributed by atoms with Crippen LogP contribution in [0.5, 0.6) is 0 Å². The van der Waals surface area contributed by atoms with Crippen molar-refractivity contribution in [2.24, 2.45) is 10.8 Å². The third-order valence-corrected chi connectivity index (χ3v) is 4.43. The average Bonchev–Trinajstić information content (AvgIpc) is 2.97. The highest BCUT2D eigenvalue weighted by Gasteiger charge is 2.23. The molecule has 0 saturated carbocycles. The second-order valence-electron chi connectivity index (χ2n) is 7.92. The Morgan fingerprint density at radius 1 is 1.05 bits per heavy atom. The summed E-state index contributed by atoms with van der Waals surface area (Å²) in [6, 6.07) is 8.30. The summed E-state index contributed by atoms with van der Waals surface area (Å²) in [5, 5.41) is 2.14. The molecule has 0 aliphatic rings. The molecule has 2 heteroatoms. The minimum Gasteiger partial charge on any atom is -0.469 e. The average molecular weight is 307 g/mol. The standard InChI is InChI=1S/C10H16O.C9H14S/c1-8(10(2,3)4)9-6-5-7-11-9;1-9(2,3)7-8-5-4-6-10-8/h5-8H,1-4H3;4-6H,7H2,1-3H3. The minimum atomic E-state index is 0.290. The molecule has 0 spiro atoms. The van der Waals surface area contributed by atoms with Gasteiger partial charge in [0, 0.05) is 10.8 Å². The van der Waals surface area contributed by atoms with Crippen molar-refractivity contribution in [1.29, 1.82) is 0 Å². The first-order valence-electron chi connectivity index (χ1n) is 7.65. The van der Waals surface area contributed by atoms with Crippen LogP contribution < -0.4 is 0 Å². The Labute approximate surface area is 134 Å². The van der Waals surface area contributed by atoms with Gasteiger partial charge in [-0.25, -0.2) is 0 Å². The van der Waals surface area contributed by atoms with Crippen molar-refractivity contribution < 1.29 is 4.42 Å². The van der Waals surface area contributed by atoms with Crippen LogP contribution in [0, 0.1) is 10.8 Å². The molecular weight excluding hydrogens is 276 g/mol. The Hall–Kier alpha value is -1.02. The van der Waals surface area contributed by atoms with Gasteiger partial charge in [0.25, 0.3) is 0 Å². The summed E-state index contributed by atoms with van der Waals surface area (Å²) >= 11 is 1.85. The molecular formula is C19H30OS. The summed E-state index contributed by atoms with van der Waals surface area (Å²) in [6.07, 6.45) is 2.93. The molecule has 2 heterocycles. The van der Waals surface area contributed by atoms with Crippen molar-refractivity contribution in [1.82, 2.24) is 0 Å². The van der Waals surface area contributed by atoms with Gasteiger partial charge in [-0.3, -0.25) is 0 Å². The van der Waals surface area contributed by atoms with E-state index >= 15 is 0 Å². The first-order chi connectivity index (χ1) is 9.59. The van der Waals surface area contributed by atoms with E-state index in [-0.39, 0.29) is 5.41 Å². The Morgan fingerprint density at radius 2 is 1.71 bits per heavy atom. The van der Waals surface area contributed by atoms with E-state index in [1.807, 2.05) is 23.5 Å². The van der Waals surface area contributed by atoms with Crippen LogP contribution in [0.1, 0.15) is 65.0 Å². The fourth-order valence-corrected chi connectivity index (χ4v) is 2.91. The summed E-state index contributed by atoms with van der Waals surface area (Å²) in [4.78, 5) is 1.49. The third-order valence-electron chi connectivity index (χ3n) is 3.55. The first kappa shape index (κ1) is 18.0. The zero-order chi connectivity index (χ0) is 16.1. The van der Waals surface area contributed by atoms with Gasteiger partial charge in [0.1, 0.15) is 5.76 Å². The summed E-state index contributed by atoms with van der Waals surface area (Å²) in [6.45, 7) is 15.7. The fraction of sp³-hybridized carbons (Fsp3) is 0.579. The van der Waals surface area contributed by atoms with Gasteiger partial charge < -0.3 is 4.42 Å². The lowest BCUT2D eigenvalue weighted by Crippen LogP contribution is -2.14. The number of furan rings is 1. The van der Waals surface area contributed by atoms with E-state index in [0.717, 1.165) is 5.76 Å². The molecule has 1 nitrogen and oxygen atoms in total. The summed E-state index contributed by atoms with van der Waals surface area (Å²) in [5.74, 6) is 1.56. The molecule has 0 saturated heterocycles. The third kappa shape index (κ3) is 6.99. The highest BCUT2D eigenvalue weighted by molar-refractivity contribution is 7.09. The zero-order valence-corrected chi connectivity index (χ0v) is 15.4. The van der Waals surface area contributed by atoms with Crippen LogP contribution in [-0.2, 0) is 6.42 Å². The first-order valence-corrected chi connectivity index (χ1v) is 8.53. The van der Waals surface area contributed by atoms with E-state index in [9.17, 15) is 0 Å². The van der Waals surface area contributed by atoms with Crippen molar-refractivity contribution in [3.05, 3.63) is 46.5 Å². The lowest BCUT2D eigenvalue weighted by Gasteiger charge is -2.25. The molecule has 2 aromatic rings. The topological polar surface area (TPSA) is 13.1 Å². The second-order valence-corrected chi connectivity index (χ2v) is 8.95. The molecule has 0 amide bonds. The normalized spacial score (nSPS) is 13.5. The number of thiophene rings is 1. The predicted octanol–water partition coefficient (Wildman–Crippen LogP) is 6.77. The molecule has 21 heavy (non-hydrogen) atoms. The van der Waals surface area contributed by atoms with Gasteiger partial charge in [0.05, 0.1) is 6.26 Å². The van der Waals surface area contributed by atoms with E-state index < -0.39 is 0 Å². The fourth-order valence-electron chi connectivity index (χ4n) is 1.90. The molecule has 0 fully saturated rings. The minimum absolute atomic E-state index is 0.290. The number of hydrogen-bond donors (Lipinski definition) is 0. The van der Waals surface area contributed by atoms with Gasteiger partial charge in [-0.05, 0) is 40.8 Å². The molecule has 2 aromatic heterocycles. The lowest BCUT2D eigenvalue weighted by molar-refractivity contribution is 0.296. The highest BCUT2D eigenvalue weighted by atomic mass is 32.1. The van der Waals surface area contributed by atoms with Gasteiger partial charge in [0.2, 0.25) is 0 Å². The predicted molar refractivity (Wildman–Crippen MR) is 94.1 cm³/mol. The molecule has 0 aromatic carbocycles. The van der Waals surface area contributed by atoms with Gasteiger partial charge in [-0.2, -0.15) is 0 Å². The molecule has 2 rings (SSSR count). The lowest BCUT2D eigenvalue weighted by atomic mass is 9.81. The Bertz CT molecular complexity index is 481. The monoisotopic (exact) mass is 306 g/mol. The SMILES string of the molecule is CC(C)(C)Cc1cccs1.CC(c1ccco1)C(C)(C)C. The van der Waals surface area contributed by atoms with Crippen LogP contribution in [0.15, 0.2) is 40.3 Å². The zero-order valence-electron chi connectivity index (χ0n) is 14.6. The highest BCUT2D eigenvalue weighted by Crippen LogP contribution is 2.34. The van der Waals surface area contributed by atoms with Crippen LogP contribution in [0.25, 0.3) is 0 Å². The molecule has 0 aliphatic heterocycles. The van der Waals surface area contributed by atoms with Gasteiger partial charge in [-0.1, -0.05) is 54.5 Å². The van der Waals surface area contributed by atoms with Gasteiger partial charge in [0.15, 0.2) is 0 Å². The van der Waals surface area contributed by atoms with E-state index in [1.54, 1.807) is 6.26 Å². The largest absolute Gasteiger partial charge is 0.469 e. The molecule has 0 aliphatic carbocycles. The van der Waals surface area contributed by atoms with E-state index in [1.165, 1.54) is 11.3 Å². The molecule has 118 valence electrons. The Morgan fingerprint density at radius 3 is 2.10 bits per heavy atom. The maximum atomic E-state index is 5.32. The Kier molecular flexibility index (Phi) is 6.27. The smallest absolute Gasteiger partial charge is 0.107 e. The molecule has 0 N–H and O–H groups in total. The molecule has 0 bridgehead atoms. The molecule has 0 radical (unpaired) electrons. The maximum Gasteiger partial charge on any atom is 0.107 e. The van der Waals surface area contributed by atoms with E-state index in [4.69, 9.17) is 4.42 Å². The summed E-state index contributed by atoms with van der Waals surface area (Å²) in [5.41, 5.74) is 0.725. The number of rotatable bonds is 2. The molecule has 1 unspecified atom stereocenters. The van der Waals surface area contributed by atoms with Crippen molar-refractivity contribution in [2.75, 3.05) is 0 Å². The quantitative estimate of drug-likeness (QED) is 0.597. The Balaban J connectivity index is 0.000000211. The number of hydrogen-bond acceptors (Lipinski definition) is 2. The maximum absolute atomic E-state index is 5.32. The van der Waals surface area contributed by atoms with E-state index in [0.29, 0.717) is 11.3 Å². The molecule has 1 atom stereocenters. The van der Waals surface area contributed by atoms with Crippen molar-refractivity contribution >= 4 is 11.3 Å². The van der Waals surface area contributed by atoms with Crippen LogP contribution in [0.3, 0.4) is 0 Å². The summed E-state index contributed by atoms with van der Waals surface area (Å²) < 4.78 is 5.32. The van der Waals surface area contributed by atoms with Crippen LogP contribution in [-0.4, -0.2) is 0 Å². The van der Waals surface area contributed by atoms with Crippen molar-refractivity contribution in [3.8, 4) is 0 Å². The summed E-state index contributed by atoms with van der Waals surface area (Å²) in [7, 11) is 0. The second kappa shape index (κ2) is 7.31.